The van der Waals surface area contributed by atoms with E-state index in [9.17, 15) is 19.4 Å². The molecule has 0 saturated carbocycles. The van der Waals surface area contributed by atoms with Gasteiger partial charge in [0.15, 0.2) is 0 Å². The van der Waals surface area contributed by atoms with Crippen LogP contribution in [0.5, 0.6) is 0 Å². The van der Waals surface area contributed by atoms with Crippen molar-refractivity contribution in [3.05, 3.63) is 48.6 Å². The molecule has 8 nitrogen and oxygen atoms in total. The summed E-state index contributed by atoms with van der Waals surface area (Å²) in [4.78, 5) is 22.9. The first-order chi connectivity index (χ1) is 22.0. The Balaban J connectivity index is 4.69. The summed E-state index contributed by atoms with van der Waals surface area (Å²) in [6.07, 6.45) is 34.6. The van der Waals surface area contributed by atoms with Gasteiger partial charge in [-0.25, -0.2) is 4.57 Å². The Kier molecular flexibility index (Phi) is 28.6. The summed E-state index contributed by atoms with van der Waals surface area (Å²) < 4.78 is 23.4. The van der Waals surface area contributed by atoms with E-state index in [2.05, 4.69) is 55.6 Å². The lowest BCUT2D eigenvalue weighted by Gasteiger charge is -2.25. The summed E-state index contributed by atoms with van der Waals surface area (Å²) >= 11 is 0. The van der Waals surface area contributed by atoms with Crippen molar-refractivity contribution in [1.82, 2.24) is 5.32 Å². The fraction of sp³-hybridized carbons (Fsp3) is 0.757. The first-order valence-corrected chi connectivity index (χ1v) is 19.5. The second-order valence-electron chi connectivity index (χ2n) is 13.2. The van der Waals surface area contributed by atoms with Crippen LogP contribution in [-0.4, -0.2) is 73.4 Å². The van der Waals surface area contributed by atoms with Gasteiger partial charge in [0.1, 0.15) is 13.2 Å². The van der Waals surface area contributed by atoms with Gasteiger partial charge < -0.3 is 19.8 Å². The average molecular weight is 670 g/mol. The standard InChI is InChI=1S/C37H69N2O6P/c1-6-8-10-12-14-16-18-20-22-24-26-28-30-36(40)35(34-45-46(42,43)44-33-32-39(3,4)5)38-37(41)31-29-27-25-23-21-19-17-15-13-11-9-7-2/h12,14-15,17,20,22,28,30,35-36,40H,6-11,13,16,18-19,21,23-27,29,31-34H2,1-5H3,(H-,38,41,42,43)/p+1/b14-12+,17-15-,22-20+,30-28+. The Morgan fingerprint density at radius 2 is 1.22 bits per heavy atom. The summed E-state index contributed by atoms with van der Waals surface area (Å²) in [5.74, 6) is -0.207. The number of likely N-dealkylation sites (N-methyl/N-ethyl adjacent to an activating group) is 1. The van der Waals surface area contributed by atoms with E-state index in [1.54, 1.807) is 6.08 Å². The molecule has 268 valence electrons. The number of phosphoric ester groups is 1. The first-order valence-electron chi connectivity index (χ1n) is 18.0. The number of unbranched alkanes of at least 4 members (excludes halogenated alkanes) is 12. The maximum Gasteiger partial charge on any atom is 0.472 e. The number of nitrogens with one attached hydrogen (secondary N) is 1. The van der Waals surface area contributed by atoms with Gasteiger partial charge in [0.2, 0.25) is 5.91 Å². The number of allylic oxidation sites excluding steroid dienone is 7. The van der Waals surface area contributed by atoms with Crippen LogP contribution >= 0.6 is 7.82 Å². The van der Waals surface area contributed by atoms with Gasteiger partial charge in [-0.1, -0.05) is 107 Å². The molecule has 0 aromatic carbocycles. The molecule has 46 heavy (non-hydrogen) atoms. The Hall–Kier alpha value is -1.54. The molecule has 3 N–H and O–H groups in total. The highest BCUT2D eigenvalue weighted by Gasteiger charge is 2.27. The van der Waals surface area contributed by atoms with Crippen molar-refractivity contribution in [1.29, 1.82) is 0 Å². The lowest BCUT2D eigenvalue weighted by Crippen LogP contribution is -2.45. The van der Waals surface area contributed by atoms with Gasteiger partial charge in [0.05, 0.1) is 39.9 Å². The van der Waals surface area contributed by atoms with Crippen molar-refractivity contribution in [2.24, 2.45) is 0 Å². The monoisotopic (exact) mass is 669 g/mol. The number of aliphatic hydroxyl groups excluding tert-OH is 1. The average Bonchev–Trinajstić information content (AvgIpc) is 2.99. The molecule has 0 radical (unpaired) electrons. The topological polar surface area (TPSA) is 105 Å². The summed E-state index contributed by atoms with van der Waals surface area (Å²) in [6.45, 7) is 4.66. The Morgan fingerprint density at radius 1 is 0.717 bits per heavy atom. The van der Waals surface area contributed by atoms with Gasteiger partial charge in [0.25, 0.3) is 0 Å². The minimum Gasteiger partial charge on any atom is -0.387 e. The van der Waals surface area contributed by atoms with E-state index in [0.717, 1.165) is 64.2 Å². The van der Waals surface area contributed by atoms with Crippen LogP contribution in [0.2, 0.25) is 0 Å². The minimum absolute atomic E-state index is 0.0503. The van der Waals surface area contributed by atoms with Gasteiger partial charge in [-0.3, -0.25) is 13.8 Å². The zero-order valence-electron chi connectivity index (χ0n) is 30.0. The van der Waals surface area contributed by atoms with Gasteiger partial charge in [0, 0.05) is 6.42 Å². The molecule has 0 aromatic rings. The van der Waals surface area contributed by atoms with Crippen LogP contribution in [-0.2, 0) is 18.4 Å². The van der Waals surface area contributed by atoms with Crippen LogP contribution in [0.15, 0.2) is 48.6 Å². The first kappa shape index (κ1) is 44.5. The molecule has 0 aliphatic carbocycles. The summed E-state index contributed by atoms with van der Waals surface area (Å²) in [6, 6.07) is -0.870. The van der Waals surface area contributed by atoms with Crippen LogP contribution in [0, 0.1) is 0 Å². The Morgan fingerprint density at radius 3 is 1.80 bits per heavy atom. The zero-order valence-corrected chi connectivity index (χ0v) is 30.9. The molecule has 0 saturated heterocycles. The number of phosphoric acid groups is 1. The molecule has 3 atom stereocenters. The lowest BCUT2D eigenvalue weighted by atomic mass is 10.1. The smallest absolute Gasteiger partial charge is 0.387 e. The van der Waals surface area contributed by atoms with Crippen molar-refractivity contribution >= 4 is 13.7 Å². The minimum atomic E-state index is -4.34. The number of carbonyl (C=O) groups is 1. The molecule has 9 heteroatoms. The highest BCUT2D eigenvalue weighted by Crippen LogP contribution is 2.43. The highest BCUT2D eigenvalue weighted by molar-refractivity contribution is 7.47. The molecule has 0 bridgehead atoms. The van der Waals surface area contributed by atoms with E-state index in [-0.39, 0.29) is 19.1 Å². The molecule has 0 aliphatic heterocycles. The van der Waals surface area contributed by atoms with E-state index in [1.807, 2.05) is 27.2 Å². The van der Waals surface area contributed by atoms with Crippen molar-refractivity contribution in [3.8, 4) is 0 Å². The molecule has 0 heterocycles. The second-order valence-corrected chi connectivity index (χ2v) is 14.7. The van der Waals surface area contributed by atoms with Crippen LogP contribution in [0.3, 0.4) is 0 Å². The number of hydrogen-bond acceptors (Lipinski definition) is 5. The number of hydrogen-bond donors (Lipinski definition) is 3. The van der Waals surface area contributed by atoms with E-state index >= 15 is 0 Å². The molecule has 0 spiro atoms. The number of rotatable bonds is 31. The van der Waals surface area contributed by atoms with E-state index in [1.165, 1.54) is 44.9 Å². The normalized spacial score (nSPS) is 15.4. The summed E-state index contributed by atoms with van der Waals surface area (Å²) in [7, 11) is 1.53. The van der Waals surface area contributed by atoms with Gasteiger partial charge in [-0.15, -0.1) is 0 Å². The number of nitrogens with zero attached hydrogens (tertiary/aromatic N) is 1. The SMILES string of the molecule is CCCC/C=C/CC/C=C/CC/C=C/C(O)C(COP(=O)(O)OCC[N+](C)(C)C)NC(=O)CCCCCCC/C=C\CCCCC. The quantitative estimate of drug-likeness (QED) is 0.0295. The van der Waals surface area contributed by atoms with Gasteiger partial charge in [-0.05, 0) is 64.2 Å². The largest absolute Gasteiger partial charge is 0.472 e. The third-order valence-electron chi connectivity index (χ3n) is 7.50. The third-order valence-corrected chi connectivity index (χ3v) is 8.48. The predicted molar refractivity (Wildman–Crippen MR) is 194 cm³/mol. The summed E-state index contributed by atoms with van der Waals surface area (Å²) in [5.41, 5.74) is 0. The maximum absolute atomic E-state index is 12.7. The lowest BCUT2D eigenvalue weighted by molar-refractivity contribution is -0.870. The van der Waals surface area contributed by atoms with Gasteiger partial charge >= 0.3 is 7.82 Å². The van der Waals surface area contributed by atoms with E-state index in [4.69, 9.17) is 9.05 Å². The van der Waals surface area contributed by atoms with E-state index in [0.29, 0.717) is 17.4 Å². The second kappa shape index (κ2) is 29.6. The molecule has 0 aromatic heterocycles. The zero-order chi connectivity index (χ0) is 34.4. The Labute approximate surface area is 282 Å². The number of aliphatic hydroxyl groups is 1. The fourth-order valence-corrected chi connectivity index (χ4v) is 5.26. The molecule has 1 amide bonds. The van der Waals surface area contributed by atoms with Crippen molar-refractivity contribution in [3.63, 3.8) is 0 Å². The molecule has 3 unspecified atom stereocenters. The Bertz CT molecular complexity index is 897. The number of amides is 1. The van der Waals surface area contributed by atoms with Crippen LogP contribution in [0.4, 0.5) is 0 Å². The van der Waals surface area contributed by atoms with Crippen LogP contribution in [0.1, 0.15) is 129 Å². The van der Waals surface area contributed by atoms with Crippen LogP contribution in [0.25, 0.3) is 0 Å². The highest BCUT2D eigenvalue weighted by atomic mass is 31.2. The third kappa shape index (κ3) is 31.1. The molecule has 0 rings (SSSR count). The summed E-state index contributed by atoms with van der Waals surface area (Å²) in [5, 5.41) is 13.7. The van der Waals surface area contributed by atoms with Crippen molar-refractivity contribution in [2.75, 3.05) is 40.9 Å². The number of carbonyl (C=O) groups excluding carboxylic acids is 1. The molecular weight excluding hydrogens is 599 g/mol. The van der Waals surface area contributed by atoms with Crippen molar-refractivity contribution < 1.29 is 32.9 Å². The van der Waals surface area contributed by atoms with Crippen molar-refractivity contribution in [2.45, 2.75) is 142 Å². The van der Waals surface area contributed by atoms with E-state index < -0.39 is 20.0 Å². The molecular formula is C37H70N2O6P+. The predicted octanol–water partition coefficient (Wildman–Crippen LogP) is 8.96. The van der Waals surface area contributed by atoms with Crippen LogP contribution < -0.4 is 5.32 Å². The molecule has 0 aliphatic rings. The number of quaternary nitrogens is 1. The fourth-order valence-electron chi connectivity index (χ4n) is 4.52. The van der Waals surface area contributed by atoms with Gasteiger partial charge in [-0.2, -0.15) is 0 Å². The maximum atomic E-state index is 12.7. The molecule has 0 fully saturated rings.